The summed E-state index contributed by atoms with van der Waals surface area (Å²) in [4.78, 5) is 26.9. The van der Waals surface area contributed by atoms with Crippen LogP contribution in [0.3, 0.4) is 0 Å². The molecule has 1 heterocycles. The average molecular weight is 299 g/mol. The molecule has 0 saturated heterocycles. The smallest absolute Gasteiger partial charge is 0.331 e. The molecule has 1 saturated carbocycles. The van der Waals surface area contributed by atoms with Crippen LogP contribution in [0.1, 0.15) is 52.0 Å². The van der Waals surface area contributed by atoms with E-state index in [1.807, 2.05) is 13.8 Å². The first-order valence-corrected chi connectivity index (χ1v) is 8.91. The minimum Gasteiger partial charge on any atom is -0.491 e. The van der Waals surface area contributed by atoms with Crippen molar-refractivity contribution in [1.29, 1.82) is 0 Å². The maximum Gasteiger partial charge on any atom is 0.331 e. The van der Waals surface area contributed by atoms with Gasteiger partial charge in [0.2, 0.25) is 0 Å². The lowest BCUT2D eigenvalue weighted by molar-refractivity contribution is 0.291. The first-order chi connectivity index (χ1) is 9.60. The van der Waals surface area contributed by atoms with Crippen LogP contribution in [-0.2, 0) is 10.9 Å². The fourth-order valence-electron chi connectivity index (χ4n) is 2.95. The summed E-state index contributed by atoms with van der Waals surface area (Å²) in [6.07, 6.45) is 5.10. The van der Waals surface area contributed by atoms with Gasteiger partial charge in [-0.3, -0.25) is 14.3 Å². The SMILES string of the molecule is CC[S+](CC)c1c(O)n(C2CCCCC2)c(=O)[nH]c1=O. The normalized spacial score (nSPS) is 16.8. The van der Waals surface area contributed by atoms with Gasteiger partial charge in [-0.25, -0.2) is 4.79 Å². The molecular weight excluding hydrogens is 276 g/mol. The van der Waals surface area contributed by atoms with E-state index in [0.717, 1.165) is 37.2 Å². The summed E-state index contributed by atoms with van der Waals surface area (Å²) in [5.74, 6) is 1.50. The summed E-state index contributed by atoms with van der Waals surface area (Å²) in [5.41, 5.74) is -0.898. The Kier molecular flexibility index (Phi) is 4.96. The summed E-state index contributed by atoms with van der Waals surface area (Å²) in [6.45, 7) is 4.00. The van der Waals surface area contributed by atoms with Gasteiger partial charge in [0.15, 0.2) is 0 Å². The number of aromatic nitrogens is 2. The van der Waals surface area contributed by atoms with Gasteiger partial charge in [0.25, 0.3) is 10.8 Å². The average Bonchev–Trinajstić information content (AvgIpc) is 2.44. The van der Waals surface area contributed by atoms with Crippen LogP contribution in [0.4, 0.5) is 0 Å². The Balaban J connectivity index is 2.54. The highest BCUT2D eigenvalue weighted by Crippen LogP contribution is 2.31. The molecule has 0 spiro atoms. The molecule has 0 amide bonds. The summed E-state index contributed by atoms with van der Waals surface area (Å²) >= 11 is 0. The van der Waals surface area contributed by atoms with Crippen molar-refractivity contribution in [3.63, 3.8) is 0 Å². The number of hydrogen-bond donors (Lipinski definition) is 2. The van der Waals surface area contributed by atoms with Crippen LogP contribution >= 0.6 is 0 Å². The fraction of sp³-hybridized carbons (Fsp3) is 0.714. The lowest BCUT2D eigenvalue weighted by atomic mass is 9.95. The van der Waals surface area contributed by atoms with E-state index in [1.165, 1.54) is 11.0 Å². The van der Waals surface area contributed by atoms with Crippen LogP contribution in [0.15, 0.2) is 14.5 Å². The van der Waals surface area contributed by atoms with Gasteiger partial charge in [-0.2, -0.15) is 0 Å². The number of hydrogen-bond acceptors (Lipinski definition) is 3. The van der Waals surface area contributed by atoms with Gasteiger partial charge in [-0.05, 0) is 26.7 Å². The molecule has 0 atom stereocenters. The number of aromatic hydroxyl groups is 1. The summed E-state index contributed by atoms with van der Waals surface area (Å²) in [5, 5.41) is 10.5. The second kappa shape index (κ2) is 6.52. The second-order valence-electron chi connectivity index (χ2n) is 5.14. The van der Waals surface area contributed by atoms with Gasteiger partial charge < -0.3 is 5.11 Å². The van der Waals surface area contributed by atoms with E-state index in [1.54, 1.807) is 0 Å². The van der Waals surface area contributed by atoms with Crippen LogP contribution in [-0.4, -0.2) is 26.2 Å². The molecule has 0 aliphatic heterocycles. The zero-order valence-corrected chi connectivity index (χ0v) is 13.0. The summed E-state index contributed by atoms with van der Waals surface area (Å²) in [6, 6.07) is 0.0195. The van der Waals surface area contributed by atoms with Gasteiger partial charge in [0.1, 0.15) is 11.5 Å². The molecule has 1 aromatic heterocycles. The maximum atomic E-state index is 12.1. The van der Waals surface area contributed by atoms with Gasteiger partial charge in [0.05, 0.1) is 0 Å². The molecule has 0 bridgehead atoms. The van der Waals surface area contributed by atoms with Gasteiger partial charge in [-0.1, -0.05) is 19.3 Å². The van der Waals surface area contributed by atoms with Crippen molar-refractivity contribution in [3.05, 3.63) is 20.8 Å². The highest BCUT2D eigenvalue weighted by atomic mass is 32.2. The third kappa shape index (κ3) is 2.80. The molecule has 5 nitrogen and oxygen atoms in total. The Morgan fingerprint density at radius 3 is 2.35 bits per heavy atom. The molecule has 0 radical (unpaired) electrons. The predicted molar refractivity (Wildman–Crippen MR) is 81.8 cm³/mol. The van der Waals surface area contributed by atoms with Gasteiger partial charge >= 0.3 is 11.2 Å². The Morgan fingerprint density at radius 2 is 1.80 bits per heavy atom. The molecule has 0 aromatic carbocycles. The molecule has 1 aromatic rings. The monoisotopic (exact) mass is 299 g/mol. The molecule has 20 heavy (non-hydrogen) atoms. The van der Waals surface area contributed by atoms with E-state index in [-0.39, 0.29) is 22.8 Å². The van der Waals surface area contributed by atoms with Crippen molar-refractivity contribution in [2.75, 3.05) is 11.5 Å². The molecule has 2 N–H and O–H groups in total. The Bertz CT molecular complexity index is 569. The zero-order chi connectivity index (χ0) is 14.7. The van der Waals surface area contributed by atoms with Crippen LogP contribution in [0.25, 0.3) is 0 Å². The van der Waals surface area contributed by atoms with Crippen molar-refractivity contribution in [3.8, 4) is 5.88 Å². The minimum atomic E-state index is -0.473. The molecule has 6 heteroatoms. The molecule has 1 aliphatic carbocycles. The van der Waals surface area contributed by atoms with Crippen LogP contribution < -0.4 is 11.2 Å². The standard InChI is InChI=1S/C14H22N2O3S/c1-3-20(4-2)11-12(17)15-14(19)16(13(11)18)10-8-6-5-7-9-10/h10H,3-9H2,1-2H3,(H-,15,17,18,19)/p+1. The Labute approximate surface area is 121 Å². The highest BCUT2D eigenvalue weighted by molar-refractivity contribution is 7.96. The van der Waals surface area contributed by atoms with E-state index in [0.29, 0.717) is 4.90 Å². The lowest BCUT2D eigenvalue weighted by Gasteiger charge is -2.24. The second-order valence-corrected chi connectivity index (χ2v) is 7.69. The largest absolute Gasteiger partial charge is 0.491 e. The minimum absolute atomic E-state index is 0.0195. The first-order valence-electron chi connectivity index (χ1n) is 7.35. The van der Waals surface area contributed by atoms with Crippen molar-refractivity contribution in [2.24, 2.45) is 0 Å². The number of nitrogens with one attached hydrogen (secondary N) is 1. The highest BCUT2D eigenvalue weighted by Gasteiger charge is 2.31. The predicted octanol–water partition coefficient (Wildman–Crippen LogP) is 1.76. The first kappa shape index (κ1) is 15.2. The van der Waals surface area contributed by atoms with E-state index >= 15 is 0 Å². The van der Waals surface area contributed by atoms with Crippen molar-refractivity contribution >= 4 is 10.9 Å². The maximum absolute atomic E-state index is 12.1. The summed E-state index contributed by atoms with van der Waals surface area (Å²) < 4.78 is 1.42. The third-order valence-corrected chi connectivity index (χ3v) is 6.34. The third-order valence-electron chi connectivity index (χ3n) is 4.00. The number of aromatic amines is 1. The molecular formula is C14H23N2O3S+. The Hall–Kier alpha value is -1.17. The van der Waals surface area contributed by atoms with Crippen LogP contribution in [0, 0.1) is 0 Å². The number of H-pyrrole nitrogens is 1. The van der Waals surface area contributed by atoms with E-state index < -0.39 is 11.2 Å². The molecule has 0 unspecified atom stereocenters. The molecule has 1 fully saturated rings. The fourth-order valence-corrected chi connectivity index (χ4v) is 4.61. The zero-order valence-electron chi connectivity index (χ0n) is 12.1. The van der Waals surface area contributed by atoms with Gasteiger partial charge in [-0.15, -0.1) is 0 Å². The summed E-state index contributed by atoms with van der Waals surface area (Å²) in [7, 11) is -0.301. The van der Waals surface area contributed by atoms with Crippen LogP contribution in [0.2, 0.25) is 0 Å². The van der Waals surface area contributed by atoms with E-state index in [4.69, 9.17) is 0 Å². The number of rotatable bonds is 4. The number of nitrogens with zero attached hydrogens (tertiary/aromatic N) is 1. The van der Waals surface area contributed by atoms with E-state index in [9.17, 15) is 14.7 Å². The van der Waals surface area contributed by atoms with Crippen LogP contribution in [0.5, 0.6) is 5.88 Å². The molecule has 1 aliphatic rings. The lowest BCUT2D eigenvalue weighted by Crippen LogP contribution is -2.36. The van der Waals surface area contributed by atoms with E-state index in [2.05, 4.69) is 4.98 Å². The molecule has 112 valence electrons. The van der Waals surface area contributed by atoms with Crippen molar-refractivity contribution in [2.45, 2.75) is 56.9 Å². The Morgan fingerprint density at radius 1 is 1.20 bits per heavy atom. The van der Waals surface area contributed by atoms with Crippen molar-refractivity contribution in [1.82, 2.24) is 9.55 Å². The quantitative estimate of drug-likeness (QED) is 0.832. The topological polar surface area (TPSA) is 75.1 Å². The van der Waals surface area contributed by atoms with Gasteiger partial charge in [0, 0.05) is 16.9 Å². The van der Waals surface area contributed by atoms with Crippen molar-refractivity contribution < 1.29 is 5.11 Å². The molecule has 2 rings (SSSR count).